The lowest BCUT2D eigenvalue weighted by molar-refractivity contribution is -0.119. The number of hydrogen-bond acceptors (Lipinski definition) is 9. The van der Waals surface area contributed by atoms with E-state index in [1.165, 1.54) is 19.2 Å². The molecule has 0 atom stereocenters. The minimum atomic E-state index is -3.87. The molecule has 5 aromatic rings. The van der Waals surface area contributed by atoms with Gasteiger partial charge in [0.1, 0.15) is 32.4 Å². The zero-order valence-electron chi connectivity index (χ0n) is 19.8. The molecule has 0 fully saturated rings. The van der Waals surface area contributed by atoms with Crippen LogP contribution in [0.2, 0.25) is 0 Å². The molecule has 0 saturated heterocycles. The highest BCUT2D eigenvalue weighted by Gasteiger charge is 2.20. The molecule has 0 aliphatic heterocycles. The van der Waals surface area contributed by atoms with Crippen LogP contribution in [0.15, 0.2) is 80.7 Å². The molecule has 12 heteroatoms. The van der Waals surface area contributed by atoms with Crippen LogP contribution in [-0.4, -0.2) is 39.1 Å². The Labute approximate surface area is 220 Å². The summed E-state index contributed by atoms with van der Waals surface area (Å²) in [6, 6.07) is 17.4. The van der Waals surface area contributed by atoms with E-state index in [0.29, 0.717) is 22.6 Å². The van der Waals surface area contributed by atoms with E-state index < -0.39 is 34.3 Å². The van der Waals surface area contributed by atoms with Gasteiger partial charge in [-0.05, 0) is 41.8 Å². The summed E-state index contributed by atoms with van der Waals surface area (Å²) in [5.41, 5.74) is 1.25. The summed E-state index contributed by atoms with van der Waals surface area (Å²) in [4.78, 5) is 25.2. The number of rotatable bonds is 8. The third-order valence-electron chi connectivity index (χ3n) is 5.54. The number of phenols is 1. The molecule has 0 radical (unpaired) electrons. The van der Waals surface area contributed by atoms with Gasteiger partial charge in [-0.1, -0.05) is 24.3 Å². The lowest BCUT2D eigenvalue weighted by Crippen LogP contribution is -2.21. The van der Waals surface area contributed by atoms with E-state index >= 15 is 0 Å². The Morgan fingerprint density at radius 1 is 1.00 bits per heavy atom. The van der Waals surface area contributed by atoms with Gasteiger partial charge in [0.15, 0.2) is 6.61 Å². The number of benzene rings is 3. The zero-order valence-corrected chi connectivity index (χ0v) is 21.4. The monoisotopic (exact) mass is 552 g/mol. The average molecular weight is 553 g/mol. The van der Waals surface area contributed by atoms with Crippen LogP contribution < -0.4 is 14.8 Å². The number of para-hydroxylation sites is 1. The number of fused-ring (bicyclic) bond motifs is 3. The van der Waals surface area contributed by atoms with Crippen LogP contribution in [0.4, 0.5) is 11.4 Å². The van der Waals surface area contributed by atoms with Gasteiger partial charge in [0, 0.05) is 22.5 Å². The number of sulfonamides is 1. The van der Waals surface area contributed by atoms with Crippen molar-refractivity contribution in [3.63, 3.8) is 0 Å². The second-order valence-electron chi connectivity index (χ2n) is 8.04. The Morgan fingerprint density at radius 3 is 2.58 bits per heavy atom. The highest BCUT2D eigenvalue weighted by atomic mass is 32.2. The van der Waals surface area contributed by atoms with E-state index in [4.69, 9.17) is 13.9 Å². The standard InChI is InChI=1S/C26H20N2O8S2/c1-34-23-12-17-16-5-2-3-6-21(16)36-22(17)13-19(23)27-24(30)14-35-26(31)18-11-15(8-9-20(18)29)28-38(32,33)25-7-4-10-37-25/h2-13,28-29H,14H2,1H3,(H,27,30). The van der Waals surface area contributed by atoms with Crippen molar-refractivity contribution in [1.82, 2.24) is 0 Å². The van der Waals surface area contributed by atoms with E-state index in [2.05, 4.69) is 10.0 Å². The molecule has 0 unspecified atom stereocenters. The van der Waals surface area contributed by atoms with Crippen LogP contribution in [0, 0.1) is 0 Å². The van der Waals surface area contributed by atoms with Crippen molar-refractivity contribution >= 4 is 66.5 Å². The molecule has 194 valence electrons. The van der Waals surface area contributed by atoms with Gasteiger partial charge in [0.05, 0.1) is 12.8 Å². The maximum Gasteiger partial charge on any atom is 0.342 e. The first-order valence-electron chi connectivity index (χ1n) is 11.1. The molecule has 38 heavy (non-hydrogen) atoms. The fourth-order valence-corrected chi connectivity index (χ4v) is 5.84. The Kier molecular flexibility index (Phi) is 6.66. The Hall–Kier alpha value is -4.55. The van der Waals surface area contributed by atoms with E-state index in [9.17, 15) is 23.1 Å². The summed E-state index contributed by atoms with van der Waals surface area (Å²) in [6.45, 7) is -0.676. The lowest BCUT2D eigenvalue weighted by Gasteiger charge is -2.12. The van der Waals surface area contributed by atoms with E-state index in [0.717, 1.165) is 34.2 Å². The number of carbonyl (C=O) groups excluding carboxylic acids is 2. The Balaban J connectivity index is 1.28. The summed E-state index contributed by atoms with van der Waals surface area (Å²) < 4.78 is 43.6. The van der Waals surface area contributed by atoms with Crippen LogP contribution >= 0.6 is 11.3 Å². The highest BCUT2D eigenvalue weighted by molar-refractivity contribution is 7.94. The van der Waals surface area contributed by atoms with E-state index in [1.54, 1.807) is 23.6 Å². The molecule has 10 nitrogen and oxygen atoms in total. The molecular weight excluding hydrogens is 532 g/mol. The molecule has 1 amide bonds. The van der Waals surface area contributed by atoms with Crippen molar-refractivity contribution in [3.8, 4) is 11.5 Å². The van der Waals surface area contributed by atoms with E-state index in [1.807, 2.05) is 24.3 Å². The molecule has 2 aromatic heterocycles. The van der Waals surface area contributed by atoms with E-state index in [-0.39, 0.29) is 15.5 Å². The van der Waals surface area contributed by atoms with Gasteiger partial charge in [-0.25, -0.2) is 13.2 Å². The van der Waals surface area contributed by atoms with Crippen molar-refractivity contribution in [3.05, 3.63) is 77.7 Å². The summed E-state index contributed by atoms with van der Waals surface area (Å²) in [5.74, 6) is -1.74. The molecule has 3 aromatic carbocycles. The second kappa shape index (κ2) is 10.1. The molecule has 0 aliphatic carbocycles. The predicted molar refractivity (Wildman–Crippen MR) is 142 cm³/mol. The zero-order chi connectivity index (χ0) is 26.9. The normalized spacial score (nSPS) is 11.4. The number of anilines is 2. The van der Waals surface area contributed by atoms with Crippen LogP contribution in [-0.2, 0) is 19.6 Å². The molecule has 0 spiro atoms. The Bertz CT molecular complexity index is 1780. The smallest absolute Gasteiger partial charge is 0.342 e. The topological polar surface area (TPSA) is 144 Å². The number of ether oxygens (including phenoxy) is 2. The number of phenolic OH excluding ortho intramolecular Hbond substituents is 1. The number of esters is 1. The van der Waals surface area contributed by atoms with Gasteiger partial charge in [-0.15, -0.1) is 11.3 Å². The maximum atomic E-state index is 12.6. The van der Waals surface area contributed by atoms with Crippen LogP contribution in [0.25, 0.3) is 21.9 Å². The number of thiophene rings is 1. The third-order valence-corrected chi connectivity index (χ3v) is 8.31. The van der Waals surface area contributed by atoms with Crippen molar-refractivity contribution < 1.29 is 37.0 Å². The first-order chi connectivity index (χ1) is 18.2. The molecular formula is C26H20N2O8S2. The van der Waals surface area contributed by atoms with Crippen molar-refractivity contribution in [2.75, 3.05) is 23.8 Å². The van der Waals surface area contributed by atoms with Gasteiger partial charge in [-0.3, -0.25) is 9.52 Å². The SMILES string of the molecule is COc1cc2c(cc1NC(=O)COC(=O)c1cc(NS(=O)(=O)c3cccs3)ccc1O)oc1ccccc12. The van der Waals surface area contributed by atoms with Crippen molar-refractivity contribution in [2.24, 2.45) is 0 Å². The summed E-state index contributed by atoms with van der Waals surface area (Å²) in [7, 11) is -2.41. The number of carbonyl (C=O) groups is 2. The largest absolute Gasteiger partial charge is 0.507 e. The summed E-state index contributed by atoms with van der Waals surface area (Å²) in [6.07, 6.45) is 0. The van der Waals surface area contributed by atoms with Crippen molar-refractivity contribution in [1.29, 1.82) is 0 Å². The average Bonchev–Trinajstić information content (AvgIpc) is 3.56. The van der Waals surface area contributed by atoms with Crippen LogP contribution in [0.1, 0.15) is 10.4 Å². The summed E-state index contributed by atoms with van der Waals surface area (Å²) in [5, 5.41) is 16.1. The number of furan rings is 1. The molecule has 0 bridgehead atoms. The van der Waals surface area contributed by atoms with Crippen LogP contribution in [0.3, 0.4) is 0 Å². The third kappa shape index (κ3) is 4.99. The summed E-state index contributed by atoms with van der Waals surface area (Å²) >= 11 is 1.03. The first-order valence-corrected chi connectivity index (χ1v) is 13.5. The number of hydrogen-bond donors (Lipinski definition) is 3. The van der Waals surface area contributed by atoms with Gasteiger partial charge >= 0.3 is 5.97 Å². The molecule has 0 aliphatic rings. The molecule has 0 saturated carbocycles. The molecule has 3 N–H and O–H groups in total. The minimum Gasteiger partial charge on any atom is -0.507 e. The quantitative estimate of drug-likeness (QED) is 0.181. The van der Waals surface area contributed by atoms with Crippen LogP contribution in [0.5, 0.6) is 11.5 Å². The fraction of sp³-hybridized carbons (Fsp3) is 0.0769. The fourth-order valence-electron chi connectivity index (χ4n) is 3.80. The van der Waals surface area contributed by atoms with Crippen molar-refractivity contribution in [2.45, 2.75) is 4.21 Å². The lowest BCUT2D eigenvalue weighted by atomic mass is 10.1. The first kappa shape index (κ1) is 25.1. The number of amides is 1. The van der Waals surface area contributed by atoms with Gasteiger partial charge in [-0.2, -0.15) is 0 Å². The predicted octanol–water partition coefficient (Wildman–Crippen LogP) is 4.96. The highest BCUT2D eigenvalue weighted by Crippen LogP contribution is 2.36. The number of methoxy groups -OCH3 is 1. The number of aromatic hydroxyl groups is 1. The minimum absolute atomic E-state index is 0.0384. The molecule has 5 rings (SSSR count). The maximum absolute atomic E-state index is 12.6. The van der Waals surface area contributed by atoms with Gasteiger partial charge < -0.3 is 24.3 Å². The second-order valence-corrected chi connectivity index (χ2v) is 10.9. The van der Waals surface area contributed by atoms with Gasteiger partial charge in [0.2, 0.25) is 0 Å². The Morgan fingerprint density at radius 2 is 1.82 bits per heavy atom. The van der Waals surface area contributed by atoms with Gasteiger partial charge in [0.25, 0.3) is 15.9 Å². The molecule has 2 heterocycles. The number of nitrogens with one attached hydrogen (secondary N) is 2.